The van der Waals surface area contributed by atoms with Crippen molar-refractivity contribution in [2.75, 3.05) is 6.54 Å². The van der Waals surface area contributed by atoms with Crippen LogP contribution < -0.4 is 5.32 Å². The predicted octanol–water partition coefficient (Wildman–Crippen LogP) is 1.34. The Morgan fingerprint density at radius 3 is 2.44 bits per heavy atom. The second-order valence-corrected chi connectivity index (χ2v) is 2.48. The highest BCUT2D eigenvalue weighted by Gasteiger charge is 2.17. The second kappa shape index (κ2) is 2.83. The summed E-state index contributed by atoms with van der Waals surface area (Å²) in [6.07, 6.45) is 5.15. The molecule has 1 fully saturated rings. The normalized spacial score (nSPS) is 34.2. The minimum Gasteiger partial charge on any atom is -0.310 e. The molecule has 0 aromatic heterocycles. The lowest BCUT2D eigenvalue weighted by molar-refractivity contribution is 0.709. The molecule has 1 nitrogen and oxygen atoms in total. The van der Waals surface area contributed by atoms with E-state index >= 15 is 0 Å². The zero-order valence-corrected chi connectivity index (χ0v) is 5.64. The van der Waals surface area contributed by atoms with Crippen LogP contribution in [0, 0.1) is 5.92 Å². The van der Waals surface area contributed by atoms with Crippen molar-refractivity contribution in [1.29, 1.82) is 0 Å². The van der Waals surface area contributed by atoms with E-state index in [1.807, 2.05) is 12.2 Å². The van der Waals surface area contributed by atoms with Crippen LogP contribution in [0.5, 0.6) is 0 Å². The van der Waals surface area contributed by atoms with Gasteiger partial charge in [-0.05, 0) is 12.3 Å². The Labute approximate surface area is 56.5 Å². The highest BCUT2D eigenvalue weighted by molar-refractivity contribution is 4.98. The average molecular weight is 123 g/mol. The lowest BCUT2D eigenvalue weighted by Gasteiger charge is -1.99. The van der Waals surface area contributed by atoms with Crippen molar-refractivity contribution in [3.05, 3.63) is 25.3 Å². The molecule has 0 aliphatic carbocycles. The maximum absolute atomic E-state index is 3.74. The molecule has 0 aromatic rings. The molecule has 1 saturated heterocycles. The van der Waals surface area contributed by atoms with Gasteiger partial charge in [-0.25, -0.2) is 0 Å². The van der Waals surface area contributed by atoms with Crippen LogP contribution in [0.25, 0.3) is 0 Å². The van der Waals surface area contributed by atoms with Crippen molar-refractivity contribution in [3.63, 3.8) is 0 Å². The molecule has 0 radical (unpaired) electrons. The molecule has 1 aliphatic heterocycles. The molecule has 0 aromatic carbocycles. The van der Waals surface area contributed by atoms with E-state index in [0.717, 1.165) is 6.54 Å². The fraction of sp³-hybridized carbons (Fsp3) is 0.500. The number of nitrogens with one attached hydrogen (secondary N) is 1. The van der Waals surface area contributed by atoms with Gasteiger partial charge >= 0.3 is 0 Å². The van der Waals surface area contributed by atoms with Crippen molar-refractivity contribution in [2.45, 2.75) is 12.5 Å². The van der Waals surface area contributed by atoms with Gasteiger partial charge in [0.1, 0.15) is 0 Å². The summed E-state index contributed by atoms with van der Waals surface area (Å²) in [5.41, 5.74) is 0. The van der Waals surface area contributed by atoms with Crippen LogP contribution in [-0.4, -0.2) is 12.6 Å². The highest BCUT2D eigenvalue weighted by atomic mass is 14.9. The van der Waals surface area contributed by atoms with E-state index in [-0.39, 0.29) is 0 Å². The second-order valence-electron chi connectivity index (χ2n) is 2.48. The molecule has 1 N–H and O–H groups in total. The fourth-order valence-corrected chi connectivity index (χ4v) is 1.15. The number of hydrogen-bond acceptors (Lipinski definition) is 1. The quantitative estimate of drug-likeness (QED) is 0.546. The van der Waals surface area contributed by atoms with Gasteiger partial charge < -0.3 is 5.32 Å². The van der Waals surface area contributed by atoms with Crippen molar-refractivity contribution < 1.29 is 0 Å². The van der Waals surface area contributed by atoms with Gasteiger partial charge in [-0.1, -0.05) is 12.2 Å². The Morgan fingerprint density at radius 2 is 2.11 bits per heavy atom. The minimum atomic E-state index is 0.521. The Bertz CT molecular complexity index is 104. The predicted molar refractivity (Wildman–Crippen MR) is 40.3 cm³/mol. The van der Waals surface area contributed by atoms with E-state index in [2.05, 4.69) is 18.5 Å². The summed E-state index contributed by atoms with van der Waals surface area (Å²) in [5, 5.41) is 3.32. The maximum atomic E-state index is 3.74. The third kappa shape index (κ3) is 1.42. The molecule has 1 heteroatoms. The first-order valence-corrected chi connectivity index (χ1v) is 3.35. The van der Waals surface area contributed by atoms with Crippen LogP contribution >= 0.6 is 0 Å². The molecule has 1 heterocycles. The van der Waals surface area contributed by atoms with E-state index in [0.29, 0.717) is 12.0 Å². The molecule has 9 heavy (non-hydrogen) atoms. The fourth-order valence-electron chi connectivity index (χ4n) is 1.15. The smallest absolute Gasteiger partial charge is 0.0253 e. The van der Waals surface area contributed by atoms with Crippen LogP contribution in [0.2, 0.25) is 0 Å². The van der Waals surface area contributed by atoms with Crippen molar-refractivity contribution in [1.82, 2.24) is 5.32 Å². The van der Waals surface area contributed by atoms with E-state index in [1.165, 1.54) is 6.42 Å². The van der Waals surface area contributed by atoms with Crippen LogP contribution in [0.4, 0.5) is 0 Å². The molecule has 1 aliphatic rings. The molecule has 0 spiro atoms. The van der Waals surface area contributed by atoms with Crippen molar-refractivity contribution >= 4 is 0 Å². The maximum Gasteiger partial charge on any atom is 0.0253 e. The van der Waals surface area contributed by atoms with Crippen molar-refractivity contribution in [2.24, 2.45) is 5.92 Å². The van der Waals surface area contributed by atoms with Gasteiger partial charge in [0.2, 0.25) is 0 Å². The standard InChI is InChI=1S/C8H13N/c1-3-7-5-8(4-2)9-6-7/h3-4,7-9H,1-2,5-6H2. The molecular formula is C8H13N. The van der Waals surface area contributed by atoms with E-state index in [1.54, 1.807) is 0 Å². The van der Waals surface area contributed by atoms with Crippen LogP contribution in [0.1, 0.15) is 6.42 Å². The van der Waals surface area contributed by atoms with Gasteiger partial charge in [0.05, 0.1) is 0 Å². The van der Waals surface area contributed by atoms with Crippen LogP contribution in [0.3, 0.4) is 0 Å². The largest absolute Gasteiger partial charge is 0.310 e. The van der Waals surface area contributed by atoms with Crippen molar-refractivity contribution in [3.8, 4) is 0 Å². The van der Waals surface area contributed by atoms with Gasteiger partial charge in [0.15, 0.2) is 0 Å². The molecule has 0 saturated carbocycles. The Morgan fingerprint density at radius 1 is 1.33 bits per heavy atom. The Balaban J connectivity index is 2.36. The van der Waals surface area contributed by atoms with Gasteiger partial charge in [0.25, 0.3) is 0 Å². The Hall–Kier alpha value is -0.560. The number of rotatable bonds is 2. The summed E-state index contributed by atoms with van der Waals surface area (Å²) in [5.74, 6) is 0.660. The minimum absolute atomic E-state index is 0.521. The van der Waals surface area contributed by atoms with Gasteiger partial charge in [-0.2, -0.15) is 0 Å². The summed E-state index contributed by atoms with van der Waals surface area (Å²) in [6, 6.07) is 0.521. The molecular weight excluding hydrogens is 110 g/mol. The topological polar surface area (TPSA) is 12.0 Å². The summed E-state index contributed by atoms with van der Waals surface area (Å²) in [6.45, 7) is 8.52. The third-order valence-corrected chi connectivity index (χ3v) is 1.82. The lowest BCUT2D eigenvalue weighted by Crippen LogP contribution is -2.17. The highest BCUT2D eigenvalue weighted by Crippen LogP contribution is 2.14. The van der Waals surface area contributed by atoms with E-state index in [4.69, 9.17) is 0 Å². The number of hydrogen-bond donors (Lipinski definition) is 1. The molecule has 0 amide bonds. The summed E-state index contributed by atoms with van der Waals surface area (Å²) in [4.78, 5) is 0. The first-order chi connectivity index (χ1) is 4.36. The zero-order valence-electron chi connectivity index (χ0n) is 5.64. The molecule has 2 atom stereocenters. The van der Waals surface area contributed by atoms with Gasteiger partial charge in [-0.3, -0.25) is 0 Å². The molecule has 50 valence electrons. The molecule has 1 rings (SSSR count). The summed E-state index contributed by atoms with van der Waals surface area (Å²) >= 11 is 0. The Kier molecular flexibility index (Phi) is 2.06. The first-order valence-electron chi connectivity index (χ1n) is 3.35. The monoisotopic (exact) mass is 123 g/mol. The van der Waals surface area contributed by atoms with Gasteiger partial charge in [0, 0.05) is 12.6 Å². The SMILES string of the molecule is C=CC1CNC(C=C)C1. The van der Waals surface area contributed by atoms with Crippen LogP contribution in [-0.2, 0) is 0 Å². The summed E-state index contributed by atoms with van der Waals surface area (Å²) in [7, 11) is 0. The van der Waals surface area contributed by atoms with E-state index < -0.39 is 0 Å². The van der Waals surface area contributed by atoms with E-state index in [9.17, 15) is 0 Å². The lowest BCUT2D eigenvalue weighted by atomic mass is 10.1. The molecule has 2 unspecified atom stereocenters. The van der Waals surface area contributed by atoms with Gasteiger partial charge in [-0.15, -0.1) is 13.2 Å². The van der Waals surface area contributed by atoms with Crippen LogP contribution in [0.15, 0.2) is 25.3 Å². The average Bonchev–Trinajstić information content (AvgIpc) is 2.34. The molecule has 0 bridgehead atoms. The zero-order chi connectivity index (χ0) is 6.69. The third-order valence-electron chi connectivity index (χ3n) is 1.82. The first kappa shape index (κ1) is 6.56. The summed E-state index contributed by atoms with van der Waals surface area (Å²) < 4.78 is 0.